The van der Waals surface area contributed by atoms with E-state index in [4.69, 9.17) is 4.74 Å². The van der Waals surface area contributed by atoms with E-state index < -0.39 is 5.60 Å². The Morgan fingerprint density at radius 3 is 2.32 bits per heavy atom. The molecule has 1 atom stereocenters. The van der Waals surface area contributed by atoms with E-state index in [0.717, 1.165) is 6.42 Å². The molecule has 0 radical (unpaired) electrons. The highest BCUT2D eigenvalue weighted by Crippen LogP contribution is 2.28. The average molecular weight is 269 g/mol. The van der Waals surface area contributed by atoms with Crippen LogP contribution in [0.25, 0.3) is 0 Å². The van der Waals surface area contributed by atoms with Crippen molar-refractivity contribution in [1.29, 1.82) is 0 Å². The lowest BCUT2D eigenvalue weighted by atomic mass is 9.84. The number of rotatable bonds is 1. The highest BCUT2D eigenvalue weighted by atomic mass is 16.6. The zero-order valence-electron chi connectivity index (χ0n) is 13.1. The van der Waals surface area contributed by atoms with E-state index >= 15 is 0 Å². The monoisotopic (exact) mass is 269 g/mol. The third-order valence-corrected chi connectivity index (χ3v) is 3.00. The van der Waals surface area contributed by atoms with Crippen LogP contribution in [0.2, 0.25) is 0 Å². The first-order valence-corrected chi connectivity index (χ1v) is 7.02. The van der Waals surface area contributed by atoms with Gasteiger partial charge in [-0.25, -0.2) is 4.79 Å². The fraction of sp³-hybridized carbons (Fsp3) is 0.867. The molecule has 4 nitrogen and oxygen atoms in total. The number of carbonyl (C=O) groups excluding carboxylic acids is 2. The van der Waals surface area contributed by atoms with Crippen molar-refractivity contribution in [2.24, 2.45) is 5.41 Å². The Hall–Kier alpha value is -1.06. The molecule has 0 N–H and O–H groups in total. The lowest BCUT2D eigenvalue weighted by molar-refractivity contribution is -0.128. The molecule has 1 aliphatic heterocycles. The molecule has 0 bridgehead atoms. The Labute approximate surface area is 116 Å². The van der Waals surface area contributed by atoms with E-state index in [2.05, 4.69) is 20.8 Å². The second-order valence-electron chi connectivity index (χ2n) is 7.52. The van der Waals surface area contributed by atoms with Gasteiger partial charge >= 0.3 is 6.09 Å². The van der Waals surface area contributed by atoms with Crippen LogP contribution < -0.4 is 0 Å². The van der Waals surface area contributed by atoms with Crippen LogP contribution in [0.5, 0.6) is 0 Å². The Balaban J connectivity index is 2.82. The Kier molecular flexibility index (Phi) is 4.64. The first kappa shape index (κ1) is 16.0. The van der Waals surface area contributed by atoms with Crippen molar-refractivity contribution in [2.45, 2.75) is 72.4 Å². The number of piperidine rings is 1. The van der Waals surface area contributed by atoms with Crippen LogP contribution in [0.1, 0.15) is 60.8 Å². The summed E-state index contributed by atoms with van der Waals surface area (Å²) < 4.78 is 5.41. The molecule has 4 heteroatoms. The molecule has 0 aromatic rings. The van der Waals surface area contributed by atoms with Gasteiger partial charge in [-0.2, -0.15) is 0 Å². The minimum atomic E-state index is -0.524. The molecular weight excluding hydrogens is 242 g/mol. The average Bonchev–Trinajstić information content (AvgIpc) is 2.16. The summed E-state index contributed by atoms with van der Waals surface area (Å²) >= 11 is 0. The van der Waals surface area contributed by atoms with Gasteiger partial charge in [0.25, 0.3) is 0 Å². The molecule has 0 aliphatic carbocycles. The van der Waals surface area contributed by atoms with Crippen molar-refractivity contribution >= 4 is 11.9 Å². The lowest BCUT2D eigenvalue weighted by Crippen LogP contribution is -2.51. The zero-order chi connectivity index (χ0) is 14.8. The molecule has 1 amide bonds. The summed E-state index contributed by atoms with van der Waals surface area (Å²) in [6.45, 7) is 12.4. The molecule has 0 aromatic heterocycles. The topological polar surface area (TPSA) is 46.6 Å². The number of ketones is 1. The van der Waals surface area contributed by atoms with Gasteiger partial charge < -0.3 is 4.74 Å². The van der Waals surface area contributed by atoms with Gasteiger partial charge in [0.15, 0.2) is 5.78 Å². The number of likely N-dealkylation sites (tertiary alicyclic amines) is 1. The van der Waals surface area contributed by atoms with Gasteiger partial charge in [-0.3, -0.25) is 9.69 Å². The number of hydrogen-bond acceptors (Lipinski definition) is 3. The molecular formula is C15H27NO3. The standard InChI is InChI=1S/C15H27NO3/c1-14(2,3)10-11-12(17)8-7-9-16(11)13(18)19-15(4,5)6/h11H,7-10H2,1-6H3. The number of nitrogens with zero attached hydrogens (tertiary/aromatic N) is 1. The summed E-state index contributed by atoms with van der Waals surface area (Å²) in [5.74, 6) is 0.159. The predicted molar refractivity (Wildman–Crippen MR) is 75.0 cm³/mol. The minimum Gasteiger partial charge on any atom is -0.444 e. The maximum Gasteiger partial charge on any atom is 0.410 e. The maximum absolute atomic E-state index is 12.2. The fourth-order valence-corrected chi connectivity index (χ4v) is 2.26. The van der Waals surface area contributed by atoms with E-state index in [1.165, 1.54) is 0 Å². The SMILES string of the molecule is CC(C)(C)CC1C(=O)CCCN1C(=O)OC(C)(C)C. The summed E-state index contributed by atoms with van der Waals surface area (Å²) in [5.41, 5.74) is -0.512. The van der Waals surface area contributed by atoms with Crippen LogP contribution in [0, 0.1) is 5.41 Å². The fourth-order valence-electron chi connectivity index (χ4n) is 2.26. The predicted octanol–water partition coefficient (Wildman–Crippen LogP) is 3.39. The first-order valence-electron chi connectivity index (χ1n) is 7.02. The van der Waals surface area contributed by atoms with E-state index in [9.17, 15) is 9.59 Å². The van der Waals surface area contributed by atoms with Crippen LogP contribution in [-0.4, -0.2) is 35.0 Å². The largest absolute Gasteiger partial charge is 0.444 e. The van der Waals surface area contributed by atoms with Crippen molar-refractivity contribution < 1.29 is 14.3 Å². The molecule has 1 rings (SSSR count). The number of hydrogen-bond donors (Lipinski definition) is 0. The van der Waals surface area contributed by atoms with Crippen molar-refractivity contribution in [2.75, 3.05) is 6.54 Å². The van der Waals surface area contributed by atoms with Crippen molar-refractivity contribution in [1.82, 2.24) is 4.90 Å². The number of ether oxygens (including phenoxy) is 1. The quantitative estimate of drug-likeness (QED) is 0.733. The molecule has 1 unspecified atom stereocenters. The molecule has 0 aromatic carbocycles. The second kappa shape index (κ2) is 5.51. The van der Waals surface area contributed by atoms with E-state index in [-0.39, 0.29) is 23.3 Å². The molecule has 1 aliphatic rings. The van der Waals surface area contributed by atoms with Crippen molar-refractivity contribution in [3.8, 4) is 0 Å². The zero-order valence-corrected chi connectivity index (χ0v) is 13.1. The summed E-state index contributed by atoms with van der Waals surface area (Å²) in [6.07, 6.45) is 1.62. The molecule has 19 heavy (non-hydrogen) atoms. The summed E-state index contributed by atoms with van der Waals surface area (Å²) in [7, 11) is 0. The number of carbonyl (C=O) groups is 2. The van der Waals surface area contributed by atoms with Gasteiger partial charge in [0, 0.05) is 13.0 Å². The van der Waals surface area contributed by atoms with Crippen LogP contribution in [0.4, 0.5) is 4.79 Å². The highest BCUT2D eigenvalue weighted by Gasteiger charge is 2.37. The normalized spacial score (nSPS) is 21.5. The molecule has 0 spiro atoms. The van der Waals surface area contributed by atoms with E-state index in [1.54, 1.807) is 4.90 Å². The Bertz CT molecular complexity index is 349. The van der Waals surface area contributed by atoms with Gasteiger partial charge in [0.1, 0.15) is 5.60 Å². The van der Waals surface area contributed by atoms with E-state index in [1.807, 2.05) is 20.8 Å². The highest BCUT2D eigenvalue weighted by molar-refractivity contribution is 5.88. The number of Topliss-reactive ketones (excluding diaryl/α,β-unsaturated/α-hetero) is 1. The van der Waals surface area contributed by atoms with Crippen molar-refractivity contribution in [3.63, 3.8) is 0 Å². The Morgan fingerprint density at radius 2 is 1.84 bits per heavy atom. The Morgan fingerprint density at radius 1 is 1.26 bits per heavy atom. The minimum absolute atomic E-state index is 0.0118. The maximum atomic E-state index is 12.2. The molecule has 1 heterocycles. The molecule has 1 fully saturated rings. The van der Waals surface area contributed by atoms with Crippen LogP contribution in [-0.2, 0) is 9.53 Å². The summed E-state index contributed by atoms with van der Waals surface area (Å²) in [4.78, 5) is 25.9. The molecule has 1 saturated heterocycles. The van der Waals surface area contributed by atoms with Gasteiger partial charge in [-0.05, 0) is 39.0 Å². The van der Waals surface area contributed by atoms with Crippen LogP contribution in [0.3, 0.4) is 0 Å². The third kappa shape index (κ3) is 5.21. The number of amides is 1. The van der Waals surface area contributed by atoms with Gasteiger partial charge in [0.05, 0.1) is 6.04 Å². The molecule has 110 valence electrons. The van der Waals surface area contributed by atoms with Gasteiger partial charge in [-0.1, -0.05) is 20.8 Å². The summed E-state index contributed by atoms with van der Waals surface area (Å²) in [6, 6.07) is -0.330. The van der Waals surface area contributed by atoms with Crippen LogP contribution in [0.15, 0.2) is 0 Å². The van der Waals surface area contributed by atoms with Crippen LogP contribution >= 0.6 is 0 Å². The summed E-state index contributed by atoms with van der Waals surface area (Å²) in [5, 5.41) is 0. The smallest absolute Gasteiger partial charge is 0.410 e. The third-order valence-electron chi connectivity index (χ3n) is 3.00. The van der Waals surface area contributed by atoms with Gasteiger partial charge in [-0.15, -0.1) is 0 Å². The lowest BCUT2D eigenvalue weighted by Gasteiger charge is -2.38. The van der Waals surface area contributed by atoms with Crippen molar-refractivity contribution in [3.05, 3.63) is 0 Å². The first-order chi connectivity index (χ1) is 8.49. The second-order valence-corrected chi connectivity index (χ2v) is 7.52. The van der Waals surface area contributed by atoms with Gasteiger partial charge in [0.2, 0.25) is 0 Å². The van der Waals surface area contributed by atoms with E-state index in [0.29, 0.717) is 19.4 Å². The molecule has 0 saturated carbocycles.